The second-order valence-electron chi connectivity index (χ2n) is 3.05. The zero-order valence-corrected chi connectivity index (χ0v) is 11.1. The highest BCUT2D eigenvalue weighted by atomic mass is 79.9. The summed E-state index contributed by atoms with van der Waals surface area (Å²) in [6.07, 6.45) is 6.15. The van der Waals surface area contributed by atoms with Crippen LogP contribution in [-0.4, -0.2) is 33.0 Å². The molecule has 16 heavy (non-hydrogen) atoms. The molecular weight excluding hydrogens is 297 g/mol. The van der Waals surface area contributed by atoms with Gasteiger partial charge in [0.15, 0.2) is 6.21 Å². The van der Waals surface area contributed by atoms with Crippen LogP contribution in [-0.2, 0) is 13.1 Å². The summed E-state index contributed by atoms with van der Waals surface area (Å²) < 4.78 is 3.82. The maximum atomic E-state index is 8.85. The molecule has 2 N–H and O–H groups in total. The van der Waals surface area contributed by atoms with Crippen molar-refractivity contribution in [3.8, 4) is 0 Å². The molecule has 5 nitrogen and oxygen atoms in total. The number of halogens is 2. The molecule has 0 saturated carbocycles. The van der Waals surface area contributed by atoms with Gasteiger partial charge in [0.25, 0.3) is 0 Å². The normalized spacial score (nSPS) is 10.6. The average Bonchev–Trinajstić information content (AvgIpc) is 2.60. The fourth-order valence-corrected chi connectivity index (χ4v) is 1.65. The number of aliphatic hydroxyl groups excluding tert-OH is 1. The van der Waals surface area contributed by atoms with E-state index in [1.165, 1.54) is 6.21 Å². The largest absolute Gasteiger partial charge is 1.00 e. The van der Waals surface area contributed by atoms with Crippen LogP contribution in [0.2, 0.25) is 0 Å². The third-order valence-electron chi connectivity index (χ3n) is 2.06. The number of aliphatic hydroxyl groups is 1. The van der Waals surface area contributed by atoms with Gasteiger partial charge in [0.1, 0.15) is 18.9 Å². The zero-order valence-electron chi connectivity index (χ0n) is 8.76. The van der Waals surface area contributed by atoms with Gasteiger partial charge in [-0.15, -0.1) is 0 Å². The summed E-state index contributed by atoms with van der Waals surface area (Å²) in [7, 11) is 0. The molecular formula is C9H15BrClN3O2. The number of rotatable bonds is 6. The van der Waals surface area contributed by atoms with E-state index >= 15 is 0 Å². The molecule has 1 aromatic heterocycles. The summed E-state index contributed by atoms with van der Waals surface area (Å²) in [6, 6.07) is 0. The van der Waals surface area contributed by atoms with Crippen molar-refractivity contribution < 1.29 is 27.3 Å². The van der Waals surface area contributed by atoms with Gasteiger partial charge in [0, 0.05) is 5.33 Å². The molecule has 0 aliphatic carbocycles. The molecule has 0 aromatic carbocycles. The lowest BCUT2D eigenvalue weighted by Gasteiger charge is -1.98. The minimum absolute atomic E-state index is 0. The molecule has 0 atom stereocenters. The fourth-order valence-electron chi connectivity index (χ4n) is 1.39. The fraction of sp³-hybridized carbons (Fsp3) is 0.556. The van der Waals surface area contributed by atoms with Gasteiger partial charge in [-0.1, -0.05) is 21.1 Å². The molecule has 0 aliphatic rings. The number of alkyl halides is 1. The Kier molecular flexibility index (Phi) is 8.23. The van der Waals surface area contributed by atoms with Crippen molar-refractivity contribution in [1.29, 1.82) is 0 Å². The predicted octanol–water partition coefficient (Wildman–Crippen LogP) is -2.63. The van der Waals surface area contributed by atoms with Crippen molar-refractivity contribution >= 4 is 22.1 Å². The first-order valence-electron chi connectivity index (χ1n) is 4.76. The quantitative estimate of drug-likeness (QED) is 0.198. The monoisotopic (exact) mass is 311 g/mol. The van der Waals surface area contributed by atoms with Crippen molar-refractivity contribution in [2.75, 3.05) is 11.9 Å². The van der Waals surface area contributed by atoms with Crippen LogP contribution in [0.3, 0.4) is 0 Å². The van der Waals surface area contributed by atoms with Crippen LogP contribution in [0.5, 0.6) is 0 Å². The smallest absolute Gasteiger partial charge is 0.303 e. The van der Waals surface area contributed by atoms with Crippen molar-refractivity contribution in [3.05, 3.63) is 18.2 Å². The molecule has 0 bridgehead atoms. The van der Waals surface area contributed by atoms with E-state index in [-0.39, 0.29) is 19.0 Å². The minimum atomic E-state index is 0. The number of hydrogen-bond acceptors (Lipinski definition) is 3. The van der Waals surface area contributed by atoms with Crippen LogP contribution >= 0.6 is 15.9 Å². The van der Waals surface area contributed by atoms with Gasteiger partial charge < -0.3 is 22.7 Å². The first-order chi connectivity index (χ1) is 7.33. The summed E-state index contributed by atoms with van der Waals surface area (Å²) in [4.78, 5) is 0. The summed E-state index contributed by atoms with van der Waals surface area (Å²) in [5.74, 6) is 0.785. The highest BCUT2D eigenvalue weighted by Crippen LogP contribution is 1.95. The van der Waals surface area contributed by atoms with Gasteiger partial charge >= 0.3 is 5.82 Å². The summed E-state index contributed by atoms with van der Waals surface area (Å²) >= 11 is 3.36. The van der Waals surface area contributed by atoms with Crippen molar-refractivity contribution in [2.24, 2.45) is 5.16 Å². The number of oxime groups is 1. The van der Waals surface area contributed by atoms with Gasteiger partial charge in [-0.25, -0.2) is 9.13 Å². The first kappa shape index (κ1) is 15.4. The van der Waals surface area contributed by atoms with Crippen molar-refractivity contribution in [1.82, 2.24) is 4.57 Å². The van der Waals surface area contributed by atoms with Gasteiger partial charge in [0.2, 0.25) is 0 Å². The molecule has 7 heteroatoms. The Bertz CT molecular complexity index is 331. The highest BCUT2D eigenvalue weighted by Gasteiger charge is 2.14. The third kappa shape index (κ3) is 4.11. The maximum Gasteiger partial charge on any atom is 0.303 e. The molecule has 92 valence electrons. The number of hydrogen-bond donors (Lipinski definition) is 2. The second-order valence-corrected chi connectivity index (χ2v) is 3.85. The number of aromatic nitrogens is 2. The van der Waals surface area contributed by atoms with Gasteiger partial charge in [-0.05, 0) is 6.42 Å². The Balaban J connectivity index is 0.00000225. The van der Waals surface area contributed by atoms with Crippen LogP contribution in [0, 0.1) is 0 Å². The van der Waals surface area contributed by atoms with E-state index < -0.39 is 0 Å². The average molecular weight is 313 g/mol. The molecule has 0 fully saturated rings. The van der Waals surface area contributed by atoms with Gasteiger partial charge in [-0.3, -0.25) is 0 Å². The van der Waals surface area contributed by atoms with E-state index in [1.54, 1.807) is 0 Å². The van der Waals surface area contributed by atoms with E-state index in [2.05, 4.69) is 21.1 Å². The van der Waals surface area contributed by atoms with Crippen LogP contribution < -0.4 is 17.0 Å². The van der Waals surface area contributed by atoms with Crippen LogP contribution in [0.1, 0.15) is 12.2 Å². The standard InChI is InChI=1S/C9H14BrN3O2.ClH/c10-2-1-3-12-4-5-13(6-7-14)9(12)8-11-15;/h4-5,8,14H,1-3,6-7H2;1H. The van der Waals surface area contributed by atoms with E-state index in [4.69, 9.17) is 10.3 Å². The van der Waals surface area contributed by atoms with Crippen LogP contribution in [0.25, 0.3) is 0 Å². The SMILES string of the molecule is OCCn1cc[n+](CCCBr)c1C=NO.[Cl-]. The Morgan fingerprint density at radius 2 is 2.31 bits per heavy atom. The second kappa shape index (κ2) is 8.55. The first-order valence-corrected chi connectivity index (χ1v) is 5.88. The third-order valence-corrected chi connectivity index (χ3v) is 2.62. The molecule has 0 aliphatic heterocycles. The van der Waals surface area contributed by atoms with Gasteiger partial charge in [-0.2, -0.15) is 0 Å². The highest BCUT2D eigenvalue weighted by molar-refractivity contribution is 9.09. The number of nitrogens with zero attached hydrogens (tertiary/aromatic N) is 3. The predicted molar refractivity (Wildman–Crippen MR) is 59.5 cm³/mol. The van der Waals surface area contributed by atoms with Crippen LogP contribution in [0.4, 0.5) is 0 Å². The minimum Gasteiger partial charge on any atom is -1.00 e. The molecule has 1 rings (SSSR count). The molecule has 0 radical (unpaired) electrons. The molecule has 0 spiro atoms. The van der Waals surface area contributed by atoms with E-state index in [0.717, 1.165) is 24.1 Å². The Hall–Kier alpha value is -0.590. The van der Waals surface area contributed by atoms with Crippen molar-refractivity contribution in [2.45, 2.75) is 19.5 Å². The summed E-state index contributed by atoms with van der Waals surface area (Å²) in [6.45, 7) is 1.42. The zero-order chi connectivity index (χ0) is 11.1. The lowest BCUT2D eigenvalue weighted by atomic mass is 10.4. The Labute approximate surface area is 109 Å². The van der Waals surface area contributed by atoms with Crippen LogP contribution in [0.15, 0.2) is 17.5 Å². The number of imidazole rings is 1. The van der Waals surface area contributed by atoms with E-state index in [1.807, 2.05) is 21.5 Å². The van der Waals surface area contributed by atoms with E-state index in [0.29, 0.717) is 6.54 Å². The Morgan fingerprint density at radius 1 is 1.56 bits per heavy atom. The van der Waals surface area contributed by atoms with Gasteiger partial charge in [0.05, 0.1) is 13.2 Å². The van der Waals surface area contributed by atoms with E-state index in [9.17, 15) is 0 Å². The lowest BCUT2D eigenvalue weighted by molar-refractivity contribution is -0.697. The summed E-state index contributed by atoms with van der Waals surface area (Å²) in [5.41, 5.74) is 0. The maximum absolute atomic E-state index is 8.85. The molecule has 1 heterocycles. The molecule has 0 amide bonds. The molecule has 0 saturated heterocycles. The molecule has 0 unspecified atom stereocenters. The number of aryl methyl sites for hydroxylation is 1. The Morgan fingerprint density at radius 3 is 2.88 bits per heavy atom. The topological polar surface area (TPSA) is 61.6 Å². The van der Waals surface area contributed by atoms with Crippen molar-refractivity contribution in [3.63, 3.8) is 0 Å². The molecule has 1 aromatic rings. The summed E-state index contributed by atoms with van der Waals surface area (Å²) in [5, 5.41) is 21.4. The lowest BCUT2D eigenvalue weighted by Crippen LogP contribution is -3.00.